The maximum atomic E-state index is 12.7. The first-order chi connectivity index (χ1) is 11.8. The van der Waals surface area contributed by atoms with Gasteiger partial charge in [-0.25, -0.2) is 8.42 Å². The summed E-state index contributed by atoms with van der Waals surface area (Å²) in [5.74, 6) is 0.741. The monoisotopic (exact) mass is 383 g/mol. The zero-order valence-electron chi connectivity index (χ0n) is 14.2. The zero-order valence-corrected chi connectivity index (χ0v) is 15.8. The van der Waals surface area contributed by atoms with Crippen LogP contribution in [-0.2, 0) is 21.2 Å². The number of rotatable bonds is 6. The molecule has 1 saturated heterocycles. The second-order valence-electron chi connectivity index (χ2n) is 6.62. The molecule has 8 nitrogen and oxygen atoms in total. The summed E-state index contributed by atoms with van der Waals surface area (Å²) in [5, 5.41) is 14.1. The third kappa shape index (κ3) is 4.43. The first kappa shape index (κ1) is 18.0. The number of amides is 1. The molecule has 3 heterocycles. The summed E-state index contributed by atoms with van der Waals surface area (Å²) in [6.45, 7) is 4.49. The Labute approximate surface area is 150 Å². The van der Waals surface area contributed by atoms with Crippen LogP contribution in [0.4, 0.5) is 0 Å². The topological polar surface area (TPSA) is 98.1 Å². The highest BCUT2D eigenvalue weighted by Crippen LogP contribution is 2.21. The normalized spacial score (nSPS) is 19.4. The van der Waals surface area contributed by atoms with Crippen LogP contribution < -0.4 is 0 Å². The second-order valence-corrected chi connectivity index (χ2v) is 9.79. The van der Waals surface area contributed by atoms with Crippen molar-refractivity contribution in [3.63, 3.8) is 0 Å². The lowest BCUT2D eigenvalue weighted by atomic mass is 10.1. The van der Waals surface area contributed by atoms with Gasteiger partial charge in [-0.1, -0.05) is 19.9 Å². The summed E-state index contributed by atoms with van der Waals surface area (Å²) >= 11 is 1.50. The van der Waals surface area contributed by atoms with Gasteiger partial charge in [0.05, 0.1) is 16.4 Å². The predicted octanol–water partition coefficient (Wildman–Crippen LogP) is 1.07. The van der Waals surface area contributed by atoms with E-state index in [9.17, 15) is 13.2 Å². The third-order valence-corrected chi connectivity index (χ3v) is 6.62. The van der Waals surface area contributed by atoms with Crippen LogP contribution in [0.1, 0.15) is 20.3 Å². The van der Waals surface area contributed by atoms with Crippen LogP contribution in [0.3, 0.4) is 0 Å². The van der Waals surface area contributed by atoms with Crippen molar-refractivity contribution in [1.29, 1.82) is 0 Å². The van der Waals surface area contributed by atoms with Gasteiger partial charge in [0.1, 0.15) is 6.54 Å². The Bertz CT molecular complexity index is 829. The van der Waals surface area contributed by atoms with Crippen molar-refractivity contribution in [3.8, 4) is 10.7 Å². The van der Waals surface area contributed by atoms with Gasteiger partial charge >= 0.3 is 0 Å². The molecule has 0 N–H and O–H groups in total. The minimum Gasteiger partial charge on any atom is -0.337 e. The number of carbonyl (C=O) groups excluding carboxylic acids is 1. The Morgan fingerprint density at radius 3 is 2.88 bits per heavy atom. The fourth-order valence-electron chi connectivity index (χ4n) is 2.90. The van der Waals surface area contributed by atoms with E-state index in [1.807, 2.05) is 31.4 Å². The summed E-state index contributed by atoms with van der Waals surface area (Å²) in [6, 6.07) is 3.53. The molecule has 0 saturated carbocycles. The zero-order chi connectivity index (χ0) is 18.0. The molecule has 1 amide bonds. The lowest BCUT2D eigenvalue weighted by molar-refractivity contribution is -0.134. The number of hydrogen-bond acceptors (Lipinski definition) is 7. The van der Waals surface area contributed by atoms with Crippen LogP contribution in [0.25, 0.3) is 10.7 Å². The van der Waals surface area contributed by atoms with E-state index in [4.69, 9.17) is 0 Å². The van der Waals surface area contributed by atoms with Crippen LogP contribution in [0.2, 0.25) is 0 Å². The molecule has 3 rings (SSSR count). The molecule has 0 aromatic carbocycles. The molecule has 2 aromatic heterocycles. The number of carbonyl (C=O) groups is 1. The van der Waals surface area contributed by atoms with E-state index in [-0.39, 0.29) is 35.9 Å². The number of thiophene rings is 1. The molecule has 0 spiro atoms. The standard InChI is InChI=1S/C15H21N5O3S2/c1-11(2)8-19(12-5-7-25(22,23)10-12)14(21)9-20-17-15(16-18-20)13-4-3-6-24-13/h3-4,6,11-12H,5,7-10H2,1-2H3/t12-/m1/s1. The lowest BCUT2D eigenvalue weighted by Gasteiger charge is -2.29. The molecule has 1 aliphatic rings. The predicted molar refractivity (Wildman–Crippen MR) is 94.7 cm³/mol. The van der Waals surface area contributed by atoms with Gasteiger partial charge in [-0.05, 0) is 29.0 Å². The van der Waals surface area contributed by atoms with Crippen molar-refractivity contribution in [2.45, 2.75) is 32.9 Å². The van der Waals surface area contributed by atoms with Gasteiger partial charge in [-0.3, -0.25) is 4.79 Å². The van der Waals surface area contributed by atoms with Gasteiger partial charge in [0.2, 0.25) is 11.7 Å². The van der Waals surface area contributed by atoms with E-state index in [2.05, 4.69) is 15.4 Å². The van der Waals surface area contributed by atoms with E-state index in [0.717, 1.165) is 4.88 Å². The van der Waals surface area contributed by atoms with Crippen molar-refractivity contribution in [2.24, 2.45) is 5.92 Å². The van der Waals surface area contributed by atoms with Crippen molar-refractivity contribution in [2.75, 3.05) is 18.1 Å². The summed E-state index contributed by atoms with van der Waals surface area (Å²) < 4.78 is 23.5. The Morgan fingerprint density at radius 2 is 2.28 bits per heavy atom. The Balaban J connectivity index is 1.72. The van der Waals surface area contributed by atoms with Crippen LogP contribution in [0, 0.1) is 5.92 Å². The average molecular weight is 383 g/mol. The molecular weight excluding hydrogens is 362 g/mol. The number of tetrazole rings is 1. The highest BCUT2D eigenvalue weighted by molar-refractivity contribution is 7.91. The largest absolute Gasteiger partial charge is 0.337 e. The molecule has 10 heteroatoms. The molecule has 0 bridgehead atoms. The highest BCUT2D eigenvalue weighted by atomic mass is 32.2. The number of aromatic nitrogens is 4. The molecule has 2 aromatic rings. The van der Waals surface area contributed by atoms with E-state index in [1.165, 1.54) is 16.1 Å². The van der Waals surface area contributed by atoms with Gasteiger partial charge in [-0.2, -0.15) is 4.80 Å². The van der Waals surface area contributed by atoms with Crippen molar-refractivity contribution in [1.82, 2.24) is 25.1 Å². The fraction of sp³-hybridized carbons (Fsp3) is 0.600. The average Bonchev–Trinajstić information content (AvgIpc) is 3.24. The van der Waals surface area contributed by atoms with Crippen LogP contribution >= 0.6 is 11.3 Å². The quantitative estimate of drug-likeness (QED) is 0.740. The molecule has 136 valence electrons. The number of sulfone groups is 1. The van der Waals surface area contributed by atoms with E-state index in [0.29, 0.717) is 18.8 Å². The van der Waals surface area contributed by atoms with Crippen LogP contribution in [0.5, 0.6) is 0 Å². The minimum absolute atomic E-state index is 0.0384. The van der Waals surface area contributed by atoms with Crippen LogP contribution in [-0.4, -0.2) is 63.5 Å². The van der Waals surface area contributed by atoms with Gasteiger partial charge in [-0.15, -0.1) is 21.5 Å². The molecule has 1 aliphatic heterocycles. The maximum Gasteiger partial charge on any atom is 0.246 e. The molecule has 0 unspecified atom stereocenters. The van der Waals surface area contributed by atoms with Crippen molar-refractivity contribution >= 4 is 27.1 Å². The van der Waals surface area contributed by atoms with Gasteiger partial charge in [0.25, 0.3) is 0 Å². The molecule has 1 atom stereocenters. The third-order valence-electron chi connectivity index (χ3n) is 4.00. The van der Waals surface area contributed by atoms with E-state index in [1.54, 1.807) is 4.90 Å². The fourth-order valence-corrected chi connectivity index (χ4v) is 5.27. The summed E-state index contributed by atoms with van der Waals surface area (Å²) in [4.78, 5) is 16.6. The summed E-state index contributed by atoms with van der Waals surface area (Å²) in [5.41, 5.74) is 0. The van der Waals surface area contributed by atoms with Crippen molar-refractivity contribution < 1.29 is 13.2 Å². The minimum atomic E-state index is -3.05. The summed E-state index contributed by atoms with van der Waals surface area (Å²) in [6.07, 6.45) is 0.492. The SMILES string of the molecule is CC(C)CN(C(=O)Cn1nnc(-c2cccs2)n1)[C@@H]1CCS(=O)(=O)C1. The van der Waals surface area contributed by atoms with Crippen molar-refractivity contribution in [3.05, 3.63) is 17.5 Å². The number of nitrogens with zero attached hydrogens (tertiary/aromatic N) is 5. The molecule has 1 fully saturated rings. The Hall–Kier alpha value is -1.81. The first-order valence-corrected chi connectivity index (χ1v) is 10.9. The van der Waals surface area contributed by atoms with Gasteiger partial charge in [0.15, 0.2) is 9.84 Å². The van der Waals surface area contributed by atoms with Crippen LogP contribution in [0.15, 0.2) is 17.5 Å². The molecular formula is C15H21N5O3S2. The Morgan fingerprint density at radius 1 is 1.48 bits per heavy atom. The van der Waals surface area contributed by atoms with E-state index < -0.39 is 9.84 Å². The molecule has 0 aliphatic carbocycles. The maximum absolute atomic E-state index is 12.7. The number of hydrogen-bond donors (Lipinski definition) is 0. The van der Waals surface area contributed by atoms with Gasteiger partial charge in [0, 0.05) is 12.6 Å². The highest BCUT2D eigenvalue weighted by Gasteiger charge is 2.35. The summed E-state index contributed by atoms with van der Waals surface area (Å²) in [7, 11) is -3.05. The second kappa shape index (κ2) is 7.20. The molecule has 0 radical (unpaired) electrons. The lowest BCUT2D eigenvalue weighted by Crippen LogP contribution is -2.45. The first-order valence-electron chi connectivity index (χ1n) is 8.15. The van der Waals surface area contributed by atoms with Gasteiger partial charge < -0.3 is 4.90 Å². The van der Waals surface area contributed by atoms with E-state index >= 15 is 0 Å². The smallest absolute Gasteiger partial charge is 0.246 e. The molecule has 25 heavy (non-hydrogen) atoms. The Kier molecular flexibility index (Phi) is 5.19.